The van der Waals surface area contributed by atoms with E-state index in [4.69, 9.17) is 4.74 Å². The zero-order valence-electron chi connectivity index (χ0n) is 10.6. The van der Waals surface area contributed by atoms with Gasteiger partial charge in [-0.15, -0.1) is 0 Å². The Kier molecular flexibility index (Phi) is 3.28. The number of amides is 1. The Balaban J connectivity index is 2.45. The van der Waals surface area contributed by atoms with E-state index in [-0.39, 0.29) is 11.7 Å². The lowest BCUT2D eigenvalue weighted by molar-refractivity contribution is -0.126. The molecule has 18 heavy (non-hydrogen) atoms. The molecule has 1 unspecified atom stereocenters. The van der Waals surface area contributed by atoms with Crippen molar-refractivity contribution in [1.82, 2.24) is 0 Å². The Hall–Kier alpha value is -1.97. The van der Waals surface area contributed by atoms with E-state index >= 15 is 0 Å². The van der Waals surface area contributed by atoms with Crippen molar-refractivity contribution in [3.8, 4) is 11.5 Å². The first-order chi connectivity index (χ1) is 8.52. The molecular weight excluding hydrogens is 230 g/mol. The maximum Gasteiger partial charge on any atom is 0.268 e. The molecule has 1 atom stereocenters. The first-order valence-corrected chi connectivity index (χ1v) is 5.98. The van der Waals surface area contributed by atoms with Crippen LogP contribution in [0.25, 0.3) is 0 Å². The normalized spacial score (nSPS) is 18.2. The number of aromatic hydroxyl groups is 1. The van der Waals surface area contributed by atoms with Crippen LogP contribution in [0.1, 0.15) is 20.3 Å². The zero-order chi connectivity index (χ0) is 13.3. The molecule has 0 fully saturated rings. The highest BCUT2D eigenvalue weighted by Crippen LogP contribution is 2.37. The maximum atomic E-state index is 12.2. The molecule has 4 nitrogen and oxygen atoms in total. The van der Waals surface area contributed by atoms with Crippen LogP contribution in [0.2, 0.25) is 0 Å². The second-order valence-corrected chi connectivity index (χ2v) is 4.55. The highest BCUT2D eigenvalue weighted by Gasteiger charge is 2.33. The third kappa shape index (κ3) is 2.18. The molecule has 0 spiro atoms. The first kappa shape index (κ1) is 12.5. The third-order valence-corrected chi connectivity index (χ3v) is 2.84. The van der Waals surface area contributed by atoms with Crippen molar-refractivity contribution in [3.63, 3.8) is 0 Å². The number of carbonyl (C=O) groups is 1. The van der Waals surface area contributed by atoms with Crippen LogP contribution in [0.15, 0.2) is 30.4 Å². The van der Waals surface area contributed by atoms with Crippen LogP contribution in [0, 0.1) is 0 Å². The molecule has 1 aromatic carbocycles. The van der Waals surface area contributed by atoms with E-state index in [2.05, 4.69) is 6.58 Å². The predicted molar refractivity (Wildman–Crippen MR) is 70.0 cm³/mol. The summed E-state index contributed by atoms with van der Waals surface area (Å²) in [6.45, 7) is 8.05. The summed E-state index contributed by atoms with van der Waals surface area (Å²) < 4.78 is 5.63. The SMILES string of the molecule is C=C(C)CN1C(=O)C(CC)Oc2ccc(O)cc21. The van der Waals surface area contributed by atoms with Gasteiger partial charge in [0.2, 0.25) is 0 Å². The monoisotopic (exact) mass is 247 g/mol. The Labute approximate surface area is 106 Å². The molecule has 2 rings (SSSR count). The van der Waals surface area contributed by atoms with Crippen LogP contribution >= 0.6 is 0 Å². The molecular formula is C14H17NO3. The van der Waals surface area contributed by atoms with Crippen molar-refractivity contribution in [1.29, 1.82) is 0 Å². The summed E-state index contributed by atoms with van der Waals surface area (Å²) in [7, 11) is 0. The molecule has 0 saturated carbocycles. The fourth-order valence-corrected chi connectivity index (χ4v) is 2.00. The lowest BCUT2D eigenvalue weighted by Crippen LogP contribution is -2.46. The number of hydrogen-bond donors (Lipinski definition) is 1. The van der Waals surface area contributed by atoms with Crippen LogP contribution in [-0.4, -0.2) is 23.7 Å². The van der Waals surface area contributed by atoms with Crippen LogP contribution < -0.4 is 9.64 Å². The van der Waals surface area contributed by atoms with E-state index in [9.17, 15) is 9.90 Å². The summed E-state index contributed by atoms with van der Waals surface area (Å²) >= 11 is 0. The van der Waals surface area contributed by atoms with Gasteiger partial charge in [0.15, 0.2) is 6.10 Å². The second kappa shape index (κ2) is 4.72. The van der Waals surface area contributed by atoms with Gasteiger partial charge in [0.05, 0.1) is 5.69 Å². The molecule has 1 amide bonds. The zero-order valence-corrected chi connectivity index (χ0v) is 10.6. The van der Waals surface area contributed by atoms with E-state index in [1.807, 2.05) is 13.8 Å². The van der Waals surface area contributed by atoms with E-state index in [0.717, 1.165) is 5.57 Å². The number of nitrogens with zero attached hydrogens (tertiary/aromatic N) is 1. The summed E-state index contributed by atoms with van der Waals surface area (Å²) in [4.78, 5) is 13.9. The molecule has 0 bridgehead atoms. The summed E-state index contributed by atoms with van der Waals surface area (Å²) in [5.41, 5.74) is 1.49. The first-order valence-electron chi connectivity index (χ1n) is 5.98. The van der Waals surface area contributed by atoms with Gasteiger partial charge in [0, 0.05) is 12.6 Å². The Bertz CT molecular complexity index is 496. The molecule has 96 valence electrons. The fraction of sp³-hybridized carbons (Fsp3) is 0.357. The molecule has 1 heterocycles. The van der Waals surface area contributed by atoms with Crippen molar-refractivity contribution in [2.45, 2.75) is 26.4 Å². The molecule has 0 aromatic heterocycles. The highest BCUT2D eigenvalue weighted by molar-refractivity contribution is 6.00. The molecule has 0 saturated heterocycles. The van der Waals surface area contributed by atoms with Crippen molar-refractivity contribution < 1.29 is 14.6 Å². The molecule has 0 radical (unpaired) electrons. The summed E-state index contributed by atoms with van der Waals surface area (Å²) in [5, 5.41) is 9.53. The van der Waals surface area contributed by atoms with Crippen molar-refractivity contribution in [2.75, 3.05) is 11.4 Å². The molecule has 1 aromatic rings. The van der Waals surface area contributed by atoms with Crippen molar-refractivity contribution >= 4 is 11.6 Å². The Morgan fingerprint density at radius 3 is 2.89 bits per heavy atom. The van der Waals surface area contributed by atoms with Gasteiger partial charge in [-0.25, -0.2) is 0 Å². The van der Waals surface area contributed by atoms with E-state index < -0.39 is 6.10 Å². The lowest BCUT2D eigenvalue weighted by atomic mass is 10.1. The van der Waals surface area contributed by atoms with Gasteiger partial charge in [-0.1, -0.05) is 19.1 Å². The minimum atomic E-state index is -0.457. The van der Waals surface area contributed by atoms with Gasteiger partial charge >= 0.3 is 0 Å². The summed E-state index contributed by atoms with van der Waals surface area (Å²) in [5.74, 6) is 0.658. The van der Waals surface area contributed by atoms with Gasteiger partial charge in [-0.05, 0) is 25.5 Å². The Morgan fingerprint density at radius 2 is 2.28 bits per heavy atom. The molecule has 0 aliphatic carbocycles. The topological polar surface area (TPSA) is 49.8 Å². The molecule has 1 N–H and O–H groups in total. The molecule has 1 aliphatic heterocycles. The number of fused-ring (bicyclic) bond motifs is 1. The summed E-state index contributed by atoms with van der Waals surface area (Å²) in [6, 6.07) is 4.79. The number of rotatable bonds is 3. The largest absolute Gasteiger partial charge is 0.508 e. The maximum absolute atomic E-state index is 12.2. The highest BCUT2D eigenvalue weighted by atomic mass is 16.5. The summed E-state index contributed by atoms with van der Waals surface area (Å²) in [6.07, 6.45) is 0.160. The van der Waals surface area contributed by atoms with E-state index in [0.29, 0.717) is 24.4 Å². The number of benzene rings is 1. The van der Waals surface area contributed by atoms with Gasteiger partial charge in [-0.3, -0.25) is 4.79 Å². The van der Waals surface area contributed by atoms with E-state index in [1.165, 1.54) is 0 Å². The number of anilines is 1. The molecule has 4 heteroatoms. The fourth-order valence-electron chi connectivity index (χ4n) is 2.00. The van der Waals surface area contributed by atoms with Gasteiger partial charge in [-0.2, -0.15) is 0 Å². The number of phenolic OH excluding ortho intramolecular Hbond substituents is 1. The third-order valence-electron chi connectivity index (χ3n) is 2.84. The minimum absolute atomic E-state index is 0.0846. The number of phenols is 1. The van der Waals surface area contributed by atoms with Gasteiger partial charge in [0.1, 0.15) is 11.5 Å². The quantitative estimate of drug-likeness (QED) is 0.835. The standard InChI is InChI=1S/C14H17NO3/c1-4-12-14(17)15(8-9(2)3)11-7-10(16)5-6-13(11)18-12/h5-7,12,16H,2,4,8H2,1,3H3. The Morgan fingerprint density at radius 1 is 1.56 bits per heavy atom. The van der Waals surface area contributed by atoms with Gasteiger partial charge < -0.3 is 14.7 Å². The van der Waals surface area contributed by atoms with Crippen LogP contribution in [0.4, 0.5) is 5.69 Å². The number of carbonyl (C=O) groups excluding carboxylic acids is 1. The van der Waals surface area contributed by atoms with Crippen LogP contribution in [0.3, 0.4) is 0 Å². The van der Waals surface area contributed by atoms with Crippen LogP contribution in [0.5, 0.6) is 11.5 Å². The predicted octanol–water partition coefficient (Wildman–Crippen LogP) is 2.47. The lowest BCUT2D eigenvalue weighted by Gasteiger charge is -2.34. The molecule has 1 aliphatic rings. The van der Waals surface area contributed by atoms with Crippen molar-refractivity contribution in [3.05, 3.63) is 30.4 Å². The smallest absolute Gasteiger partial charge is 0.268 e. The number of ether oxygens (including phenoxy) is 1. The average Bonchev–Trinajstić information content (AvgIpc) is 2.32. The second-order valence-electron chi connectivity index (χ2n) is 4.55. The number of hydrogen-bond acceptors (Lipinski definition) is 3. The minimum Gasteiger partial charge on any atom is -0.508 e. The van der Waals surface area contributed by atoms with Gasteiger partial charge in [0.25, 0.3) is 5.91 Å². The van der Waals surface area contributed by atoms with E-state index in [1.54, 1.807) is 23.1 Å². The van der Waals surface area contributed by atoms with Crippen molar-refractivity contribution in [2.24, 2.45) is 0 Å². The van der Waals surface area contributed by atoms with Crippen LogP contribution in [-0.2, 0) is 4.79 Å². The average molecular weight is 247 g/mol.